The number of benzene rings is 2. The van der Waals surface area contributed by atoms with Crippen molar-refractivity contribution >= 4 is 29.0 Å². The molecule has 0 spiro atoms. The number of hydrogen-bond acceptors (Lipinski definition) is 4. The van der Waals surface area contributed by atoms with Gasteiger partial charge in [0.1, 0.15) is 5.82 Å². The van der Waals surface area contributed by atoms with Gasteiger partial charge in [-0.1, -0.05) is 12.1 Å². The first-order valence-electron chi connectivity index (χ1n) is 6.33. The third kappa shape index (κ3) is 2.39. The molecule has 0 atom stereocenters. The minimum absolute atomic E-state index is 0.00125. The molecular formula is C15H10FN3O3. The normalized spacial score (nSPS) is 14.6. The van der Waals surface area contributed by atoms with E-state index >= 15 is 0 Å². The lowest BCUT2D eigenvalue weighted by molar-refractivity contribution is -0.110. The number of halogens is 1. The zero-order valence-corrected chi connectivity index (χ0v) is 11.1. The van der Waals surface area contributed by atoms with Gasteiger partial charge in [-0.3, -0.25) is 10.2 Å². The fourth-order valence-electron chi connectivity index (χ4n) is 2.07. The highest BCUT2D eigenvalue weighted by Crippen LogP contribution is 2.25. The highest BCUT2D eigenvalue weighted by molar-refractivity contribution is 6.54. The van der Waals surface area contributed by atoms with E-state index in [4.69, 9.17) is 5.11 Å². The second kappa shape index (κ2) is 5.28. The van der Waals surface area contributed by atoms with E-state index in [9.17, 15) is 14.0 Å². The number of fused-ring (bicyclic) bond motifs is 1. The SMILES string of the molecule is O=C1Nc2ccc(C(=O)O)cc2/C1=N/Nc1ccccc1F. The Balaban J connectivity index is 1.97. The van der Waals surface area contributed by atoms with Gasteiger partial charge in [-0.05, 0) is 30.3 Å². The highest BCUT2D eigenvalue weighted by atomic mass is 19.1. The maximum atomic E-state index is 13.5. The number of nitrogens with zero attached hydrogens (tertiary/aromatic N) is 1. The van der Waals surface area contributed by atoms with Gasteiger partial charge in [-0.2, -0.15) is 5.10 Å². The van der Waals surface area contributed by atoms with Gasteiger partial charge >= 0.3 is 5.97 Å². The van der Waals surface area contributed by atoms with Crippen molar-refractivity contribution in [3.8, 4) is 0 Å². The van der Waals surface area contributed by atoms with Gasteiger partial charge in [0.25, 0.3) is 5.91 Å². The van der Waals surface area contributed by atoms with Crippen molar-refractivity contribution in [2.75, 3.05) is 10.7 Å². The topological polar surface area (TPSA) is 90.8 Å². The maximum absolute atomic E-state index is 13.5. The van der Waals surface area contributed by atoms with Crippen LogP contribution in [0.1, 0.15) is 15.9 Å². The van der Waals surface area contributed by atoms with Crippen molar-refractivity contribution in [1.82, 2.24) is 0 Å². The number of hydrazone groups is 1. The van der Waals surface area contributed by atoms with Crippen LogP contribution in [0.4, 0.5) is 15.8 Å². The summed E-state index contributed by atoms with van der Waals surface area (Å²) in [5, 5.41) is 15.5. The molecule has 1 heterocycles. The summed E-state index contributed by atoms with van der Waals surface area (Å²) in [6.45, 7) is 0. The molecule has 0 bridgehead atoms. The first-order chi connectivity index (χ1) is 10.6. The van der Waals surface area contributed by atoms with E-state index < -0.39 is 17.7 Å². The predicted molar refractivity (Wildman–Crippen MR) is 78.6 cm³/mol. The molecular weight excluding hydrogens is 289 g/mol. The van der Waals surface area contributed by atoms with E-state index in [1.165, 1.54) is 36.4 Å². The van der Waals surface area contributed by atoms with E-state index in [-0.39, 0.29) is 17.0 Å². The Morgan fingerprint density at radius 1 is 1.23 bits per heavy atom. The van der Waals surface area contributed by atoms with Crippen LogP contribution in [0.25, 0.3) is 0 Å². The first-order valence-corrected chi connectivity index (χ1v) is 6.33. The van der Waals surface area contributed by atoms with E-state index in [2.05, 4.69) is 15.8 Å². The number of carboxylic acids is 1. The molecule has 7 heteroatoms. The Hall–Kier alpha value is -3.22. The molecule has 2 aromatic rings. The first kappa shape index (κ1) is 13.7. The summed E-state index contributed by atoms with van der Waals surface area (Å²) in [7, 11) is 0. The van der Waals surface area contributed by atoms with Crippen molar-refractivity contribution in [3.63, 3.8) is 0 Å². The molecule has 2 aromatic carbocycles. The van der Waals surface area contributed by atoms with Crippen LogP contribution in [-0.2, 0) is 4.79 Å². The number of aromatic carboxylic acids is 1. The number of carbonyl (C=O) groups excluding carboxylic acids is 1. The van der Waals surface area contributed by atoms with Gasteiger partial charge < -0.3 is 10.4 Å². The predicted octanol–water partition coefficient (Wildman–Crippen LogP) is 2.29. The molecule has 22 heavy (non-hydrogen) atoms. The van der Waals surface area contributed by atoms with Gasteiger partial charge in [0.2, 0.25) is 0 Å². The van der Waals surface area contributed by atoms with E-state index in [0.29, 0.717) is 11.3 Å². The van der Waals surface area contributed by atoms with Crippen LogP contribution in [0.15, 0.2) is 47.6 Å². The van der Waals surface area contributed by atoms with Crippen LogP contribution >= 0.6 is 0 Å². The fraction of sp³-hybridized carbons (Fsp3) is 0. The molecule has 0 saturated heterocycles. The lowest BCUT2D eigenvalue weighted by Crippen LogP contribution is -2.16. The van der Waals surface area contributed by atoms with Gasteiger partial charge in [0.15, 0.2) is 5.71 Å². The maximum Gasteiger partial charge on any atom is 0.335 e. The second-order valence-corrected chi connectivity index (χ2v) is 4.57. The van der Waals surface area contributed by atoms with Gasteiger partial charge in [0, 0.05) is 5.56 Å². The third-order valence-corrected chi connectivity index (χ3v) is 3.15. The Morgan fingerprint density at radius 2 is 2.00 bits per heavy atom. The zero-order chi connectivity index (χ0) is 15.7. The van der Waals surface area contributed by atoms with Crippen molar-refractivity contribution in [1.29, 1.82) is 0 Å². The second-order valence-electron chi connectivity index (χ2n) is 4.57. The Morgan fingerprint density at radius 3 is 2.73 bits per heavy atom. The van der Waals surface area contributed by atoms with Crippen LogP contribution in [0.5, 0.6) is 0 Å². The molecule has 0 unspecified atom stereocenters. The lowest BCUT2D eigenvalue weighted by Gasteiger charge is -2.03. The summed E-state index contributed by atoms with van der Waals surface area (Å²) in [4.78, 5) is 22.9. The van der Waals surface area contributed by atoms with Gasteiger partial charge in [-0.15, -0.1) is 0 Å². The lowest BCUT2D eigenvalue weighted by atomic mass is 10.1. The van der Waals surface area contributed by atoms with Crippen molar-refractivity contribution in [2.45, 2.75) is 0 Å². The van der Waals surface area contributed by atoms with Crippen molar-refractivity contribution in [2.24, 2.45) is 5.10 Å². The number of hydrogen-bond donors (Lipinski definition) is 3. The molecule has 3 rings (SSSR count). The average Bonchev–Trinajstić information content (AvgIpc) is 2.81. The van der Waals surface area contributed by atoms with Crippen LogP contribution in [-0.4, -0.2) is 22.7 Å². The van der Waals surface area contributed by atoms with Crippen LogP contribution in [0, 0.1) is 5.82 Å². The Labute approximate surface area is 124 Å². The number of nitrogens with one attached hydrogen (secondary N) is 2. The summed E-state index contributed by atoms with van der Waals surface area (Å²) in [6.07, 6.45) is 0. The zero-order valence-electron chi connectivity index (χ0n) is 11.1. The Kier molecular flexibility index (Phi) is 3.30. The van der Waals surface area contributed by atoms with Crippen LogP contribution in [0.3, 0.4) is 0 Å². The Bertz CT molecular complexity index is 817. The molecule has 0 radical (unpaired) electrons. The number of rotatable bonds is 3. The monoisotopic (exact) mass is 299 g/mol. The number of amides is 1. The number of para-hydroxylation sites is 1. The standard InChI is InChI=1S/C15H10FN3O3/c16-10-3-1-2-4-12(10)18-19-13-9-7-8(15(21)22)5-6-11(9)17-14(13)20/h1-7,18H,(H,21,22)(H,17,19,20). The smallest absolute Gasteiger partial charge is 0.335 e. The number of anilines is 2. The quantitative estimate of drug-likeness (QED) is 0.758. The summed E-state index contributed by atoms with van der Waals surface area (Å²) < 4.78 is 13.5. The molecule has 0 saturated carbocycles. The summed E-state index contributed by atoms with van der Waals surface area (Å²) in [5.74, 6) is -2.10. The van der Waals surface area contributed by atoms with Crippen molar-refractivity contribution in [3.05, 3.63) is 59.4 Å². The minimum atomic E-state index is -1.11. The molecule has 0 aromatic heterocycles. The van der Waals surface area contributed by atoms with E-state index in [0.717, 1.165) is 0 Å². The molecule has 6 nitrogen and oxygen atoms in total. The molecule has 3 N–H and O–H groups in total. The molecule has 110 valence electrons. The average molecular weight is 299 g/mol. The number of carboxylic acid groups (broad SMARTS) is 1. The summed E-state index contributed by atoms with van der Waals surface area (Å²) in [5.41, 5.74) is 3.45. The fourth-order valence-corrected chi connectivity index (χ4v) is 2.07. The highest BCUT2D eigenvalue weighted by Gasteiger charge is 2.27. The van der Waals surface area contributed by atoms with Crippen LogP contribution in [0.2, 0.25) is 0 Å². The third-order valence-electron chi connectivity index (χ3n) is 3.15. The molecule has 1 amide bonds. The van der Waals surface area contributed by atoms with Crippen LogP contribution < -0.4 is 10.7 Å². The summed E-state index contributed by atoms with van der Waals surface area (Å²) >= 11 is 0. The van der Waals surface area contributed by atoms with Gasteiger partial charge in [-0.25, -0.2) is 9.18 Å². The number of carbonyl (C=O) groups is 2. The molecule has 0 fully saturated rings. The van der Waals surface area contributed by atoms with Crippen molar-refractivity contribution < 1.29 is 19.1 Å². The van der Waals surface area contributed by atoms with Gasteiger partial charge in [0.05, 0.1) is 16.9 Å². The van der Waals surface area contributed by atoms with E-state index in [1.54, 1.807) is 6.07 Å². The molecule has 0 aliphatic carbocycles. The largest absolute Gasteiger partial charge is 0.478 e. The molecule has 1 aliphatic heterocycles. The van der Waals surface area contributed by atoms with E-state index in [1.807, 2.05) is 0 Å². The minimum Gasteiger partial charge on any atom is -0.478 e. The molecule has 1 aliphatic rings. The summed E-state index contributed by atoms with van der Waals surface area (Å²) in [6, 6.07) is 10.1.